The van der Waals surface area contributed by atoms with E-state index < -0.39 is 0 Å². The molecule has 0 bridgehead atoms. The molecule has 1 rings (SSSR count). The summed E-state index contributed by atoms with van der Waals surface area (Å²) in [5.41, 5.74) is 1.38. The van der Waals surface area contributed by atoms with Crippen LogP contribution in [0.15, 0.2) is 30.3 Å². The summed E-state index contributed by atoms with van der Waals surface area (Å²) in [6.07, 6.45) is 2.35. The van der Waals surface area contributed by atoms with Gasteiger partial charge in [-0.2, -0.15) is 0 Å². The van der Waals surface area contributed by atoms with Crippen LogP contribution < -0.4 is 5.32 Å². The van der Waals surface area contributed by atoms with E-state index in [1.165, 1.54) is 12.0 Å². The van der Waals surface area contributed by atoms with Crippen molar-refractivity contribution in [2.24, 2.45) is 0 Å². The molecular formula is C16H28N2. The largest absolute Gasteiger partial charge is 0.312 e. The van der Waals surface area contributed by atoms with Crippen molar-refractivity contribution >= 4 is 0 Å². The van der Waals surface area contributed by atoms with Crippen LogP contribution in [0.5, 0.6) is 0 Å². The van der Waals surface area contributed by atoms with Crippen molar-refractivity contribution in [2.45, 2.75) is 51.7 Å². The second-order valence-corrected chi connectivity index (χ2v) is 5.08. The van der Waals surface area contributed by atoms with Crippen molar-refractivity contribution in [3.05, 3.63) is 35.9 Å². The minimum Gasteiger partial charge on any atom is -0.312 e. The molecule has 0 aliphatic rings. The minimum absolute atomic E-state index is 0.398. The first kappa shape index (κ1) is 15.2. The van der Waals surface area contributed by atoms with E-state index in [1.807, 2.05) is 0 Å². The maximum absolute atomic E-state index is 3.49. The molecule has 0 spiro atoms. The molecule has 1 N–H and O–H groups in total. The summed E-state index contributed by atoms with van der Waals surface area (Å²) in [6.45, 7) is 6.84. The lowest BCUT2D eigenvalue weighted by Gasteiger charge is -2.37. The van der Waals surface area contributed by atoms with Crippen LogP contribution in [0.4, 0.5) is 0 Å². The standard InChI is InChI=1S/C16H28N2/c1-6-13(3)18(5)15(7-2)16(17-4)14-11-9-8-10-12-14/h8-13,15-17H,6-7H2,1-5H3. The molecule has 1 aromatic carbocycles. The molecule has 3 unspecified atom stereocenters. The van der Waals surface area contributed by atoms with Crippen molar-refractivity contribution in [1.29, 1.82) is 0 Å². The van der Waals surface area contributed by atoms with E-state index in [0.29, 0.717) is 18.1 Å². The first-order valence-electron chi connectivity index (χ1n) is 7.09. The van der Waals surface area contributed by atoms with Gasteiger partial charge in [-0.15, -0.1) is 0 Å². The average molecular weight is 248 g/mol. The van der Waals surface area contributed by atoms with E-state index in [-0.39, 0.29) is 0 Å². The highest BCUT2D eigenvalue weighted by molar-refractivity contribution is 5.20. The molecule has 2 heteroatoms. The summed E-state index contributed by atoms with van der Waals surface area (Å²) in [6, 6.07) is 12.3. The number of nitrogens with one attached hydrogen (secondary N) is 1. The molecule has 0 amide bonds. The first-order valence-corrected chi connectivity index (χ1v) is 7.09. The molecule has 0 saturated heterocycles. The fourth-order valence-corrected chi connectivity index (χ4v) is 2.62. The summed E-state index contributed by atoms with van der Waals surface area (Å²) in [5.74, 6) is 0. The summed E-state index contributed by atoms with van der Waals surface area (Å²) in [5, 5.41) is 3.49. The van der Waals surface area contributed by atoms with Crippen molar-refractivity contribution < 1.29 is 0 Å². The molecule has 102 valence electrons. The molecular weight excluding hydrogens is 220 g/mol. The van der Waals surface area contributed by atoms with Crippen molar-refractivity contribution in [2.75, 3.05) is 14.1 Å². The van der Waals surface area contributed by atoms with E-state index in [9.17, 15) is 0 Å². The number of hydrogen-bond donors (Lipinski definition) is 1. The van der Waals surface area contributed by atoms with Gasteiger partial charge in [0.05, 0.1) is 0 Å². The zero-order valence-corrected chi connectivity index (χ0v) is 12.5. The van der Waals surface area contributed by atoms with Gasteiger partial charge in [0.25, 0.3) is 0 Å². The van der Waals surface area contributed by atoms with Gasteiger partial charge in [0.1, 0.15) is 0 Å². The Balaban J connectivity index is 2.91. The Morgan fingerprint density at radius 3 is 2.17 bits per heavy atom. The molecule has 0 aliphatic carbocycles. The van der Waals surface area contributed by atoms with E-state index in [1.54, 1.807) is 0 Å². The minimum atomic E-state index is 0.398. The second-order valence-electron chi connectivity index (χ2n) is 5.08. The molecule has 0 heterocycles. The van der Waals surface area contributed by atoms with Crippen LogP contribution in [-0.4, -0.2) is 31.1 Å². The Bertz CT molecular complexity index is 323. The number of benzene rings is 1. The molecule has 1 aromatic rings. The lowest BCUT2D eigenvalue weighted by Crippen LogP contribution is -2.45. The lowest BCUT2D eigenvalue weighted by atomic mass is 9.95. The van der Waals surface area contributed by atoms with Crippen LogP contribution in [0.2, 0.25) is 0 Å². The predicted molar refractivity (Wildman–Crippen MR) is 79.8 cm³/mol. The first-order chi connectivity index (χ1) is 8.65. The van der Waals surface area contributed by atoms with Crippen LogP contribution >= 0.6 is 0 Å². The fraction of sp³-hybridized carbons (Fsp3) is 0.625. The molecule has 0 radical (unpaired) electrons. The highest BCUT2D eigenvalue weighted by Gasteiger charge is 2.26. The molecule has 3 atom stereocenters. The van der Waals surface area contributed by atoms with Crippen LogP contribution in [0, 0.1) is 0 Å². The predicted octanol–water partition coefficient (Wildman–Crippen LogP) is 3.46. The molecule has 2 nitrogen and oxygen atoms in total. The van der Waals surface area contributed by atoms with Gasteiger partial charge in [0.2, 0.25) is 0 Å². The summed E-state index contributed by atoms with van der Waals surface area (Å²) < 4.78 is 0. The zero-order valence-electron chi connectivity index (χ0n) is 12.5. The molecule has 0 aromatic heterocycles. The van der Waals surface area contributed by atoms with E-state index >= 15 is 0 Å². The lowest BCUT2D eigenvalue weighted by molar-refractivity contribution is 0.141. The molecule has 18 heavy (non-hydrogen) atoms. The molecule has 0 fully saturated rings. The van der Waals surface area contributed by atoms with E-state index in [2.05, 4.69) is 75.4 Å². The Hall–Kier alpha value is -0.860. The number of nitrogens with zero attached hydrogens (tertiary/aromatic N) is 1. The third-order valence-corrected chi connectivity index (χ3v) is 4.08. The Morgan fingerprint density at radius 1 is 1.11 bits per heavy atom. The monoisotopic (exact) mass is 248 g/mol. The smallest absolute Gasteiger partial charge is 0.0475 e. The Morgan fingerprint density at radius 2 is 1.72 bits per heavy atom. The van der Waals surface area contributed by atoms with Gasteiger partial charge in [-0.1, -0.05) is 44.2 Å². The van der Waals surface area contributed by atoms with Crippen molar-refractivity contribution in [3.8, 4) is 0 Å². The van der Waals surface area contributed by atoms with Gasteiger partial charge in [-0.05, 0) is 39.4 Å². The molecule has 0 aliphatic heterocycles. The summed E-state index contributed by atoms with van der Waals surface area (Å²) in [4.78, 5) is 2.51. The van der Waals surface area contributed by atoms with Crippen LogP contribution in [0.1, 0.15) is 45.2 Å². The van der Waals surface area contributed by atoms with Crippen LogP contribution in [-0.2, 0) is 0 Å². The van der Waals surface area contributed by atoms with Gasteiger partial charge >= 0.3 is 0 Å². The van der Waals surface area contributed by atoms with E-state index in [0.717, 1.165) is 6.42 Å². The van der Waals surface area contributed by atoms with Gasteiger partial charge in [-0.3, -0.25) is 4.90 Å². The van der Waals surface area contributed by atoms with Crippen molar-refractivity contribution in [3.63, 3.8) is 0 Å². The van der Waals surface area contributed by atoms with Gasteiger partial charge in [0, 0.05) is 18.1 Å². The number of hydrogen-bond acceptors (Lipinski definition) is 2. The second kappa shape index (κ2) is 7.55. The maximum atomic E-state index is 3.49. The van der Waals surface area contributed by atoms with Crippen molar-refractivity contribution in [1.82, 2.24) is 10.2 Å². The maximum Gasteiger partial charge on any atom is 0.0475 e. The Labute approximate surface area is 112 Å². The highest BCUT2D eigenvalue weighted by atomic mass is 15.2. The van der Waals surface area contributed by atoms with Gasteiger partial charge in [-0.25, -0.2) is 0 Å². The topological polar surface area (TPSA) is 15.3 Å². The van der Waals surface area contributed by atoms with Gasteiger partial charge < -0.3 is 5.32 Å². The van der Waals surface area contributed by atoms with E-state index in [4.69, 9.17) is 0 Å². The average Bonchev–Trinajstić information content (AvgIpc) is 2.43. The third kappa shape index (κ3) is 3.56. The van der Waals surface area contributed by atoms with Crippen LogP contribution in [0.3, 0.4) is 0 Å². The Kier molecular flexibility index (Phi) is 6.37. The number of likely N-dealkylation sites (N-methyl/N-ethyl adjacent to an activating group) is 2. The fourth-order valence-electron chi connectivity index (χ4n) is 2.62. The zero-order chi connectivity index (χ0) is 13.5. The quantitative estimate of drug-likeness (QED) is 0.795. The number of rotatable bonds is 7. The normalized spacial score (nSPS) is 16.6. The summed E-state index contributed by atoms with van der Waals surface area (Å²) in [7, 11) is 4.31. The summed E-state index contributed by atoms with van der Waals surface area (Å²) >= 11 is 0. The molecule has 0 saturated carbocycles. The highest BCUT2D eigenvalue weighted by Crippen LogP contribution is 2.24. The third-order valence-electron chi connectivity index (χ3n) is 4.08. The SMILES string of the molecule is CCC(C)N(C)C(CC)C(NC)c1ccccc1. The van der Waals surface area contributed by atoms with Crippen LogP contribution in [0.25, 0.3) is 0 Å². The van der Waals surface area contributed by atoms with Gasteiger partial charge in [0.15, 0.2) is 0 Å².